The summed E-state index contributed by atoms with van der Waals surface area (Å²) in [5.41, 5.74) is 1.98. The van der Waals surface area contributed by atoms with Gasteiger partial charge in [0.15, 0.2) is 0 Å². The Morgan fingerprint density at radius 1 is 0.778 bits per heavy atom. The summed E-state index contributed by atoms with van der Waals surface area (Å²) >= 11 is 5.81. The molecule has 0 atom stereocenters. The molecule has 0 nitrogen and oxygen atoms in total. The monoisotopic (exact) mass is 266 g/mol. The number of benzene rings is 2. The van der Waals surface area contributed by atoms with E-state index in [0.29, 0.717) is 5.88 Å². The Balaban J connectivity index is 2.33. The zero-order chi connectivity index (χ0) is 13.0. The van der Waals surface area contributed by atoms with Gasteiger partial charge < -0.3 is 0 Å². The van der Waals surface area contributed by atoms with Gasteiger partial charge in [-0.1, -0.05) is 24.3 Å². The van der Waals surface area contributed by atoms with Crippen LogP contribution in [0.4, 0.5) is 8.78 Å². The maximum Gasteiger partial charge on any atom is 0.123 e. The first-order chi connectivity index (χ1) is 8.70. The zero-order valence-electron chi connectivity index (χ0n) is 9.74. The van der Waals surface area contributed by atoms with E-state index in [1.807, 2.05) is 0 Å². The smallest absolute Gasteiger partial charge is 0.123 e. The molecule has 0 saturated heterocycles. The fraction of sp³-hybridized carbons (Fsp3) is 0.200. The Morgan fingerprint density at radius 3 is 1.50 bits per heavy atom. The topological polar surface area (TPSA) is 0 Å². The van der Waals surface area contributed by atoms with Crippen molar-refractivity contribution in [2.24, 2.45) is 0 Å². The third-order valence-electron chi connectivity index (χ3n) is 2.94. The predicted octanol–water partition coefficient (Wildman–Crippen LogP) is 4.73. The van der Waals surface area contributed by atoms with Gasteiger partial charge in [0.05, 0.1) is 0 Å². The van der Waals surface area contributed by atoms with Crippen LogP contribution in [0.1, 0.15) is 23.5 Å². The summed E-state index contributed by atoms with van der Waals surface area (Å²) in [6.07, 6.45) is 0.735. The van der Waals surface area contributed by atoms with E-state index in [-0.39, 0.29) is 17.6 Å². The summed E-state index contributed by atoms with van der Waals surface area (Å²) in [6, 6.07) is 12.7. The molecule has 0 unspecified atom stereocenters. The molecule has 0 N–H and O–H groups in total. The highest BCUT2D eigenvalue weighted by atomic mass is 35.5. The van der Waals surface area contributed by atoms with Gasteiger partial charge in [-0.2, -0.15) is 0 Å². The van der Waals surface area contributed by atoms with E-state index in [4.69, 9.17) is 11.6 Å². The lowest BCUT2D eigenvalue weighted by molar-refractivity contribution is 0.624. The van der Waals surface area contributed by atoms with Crippen LogP contribution < -0.4 is 0 Å². The van der Waals surface area contributed by atoms with Gasteiger partial charge in [-0.15, -0.1) is 11.6 Å². The van der Waals surface area contributed by atoms with E-state index in [9.17, 15) is 8.78 Å². The molecule has 0 saturated carbocycles. The van der Waals surface area contributed by atoms with Crippen LogP contribution in [0.2, 0.25) is 0 Å². The minimum Gasteiger partial charge on any atom is -0.207 e. The molecule has 3 heteroatoms. The van der Waals surface area contributed by atoms with E-state index in [1.165, 1.54) is 24.3 Å². The van der Waals surface area contributed by atoms with Crippen molar-refractivity contribution < 1.29 is 8.78 Å². The van der Waals surface area contributed by atoms with Crippen molar-refractivity contribution in [2.45, 2.75) is 12.3 Å². The fourth-order valence-corrected chi connectivity index (χ4v) is 2.24. The molecule has 0 bridgehead atoms. The highest BCUT2D eigenvalue weighted by Crippen LogP contribution is 2.28. The van der Waals surface area contributed by atoms with E-state index in [0.717, 1.165) is 17.5 Å². The molecule has 0 heterocycles. The molecular formula is C15H13ClF2. The molecule has 0 aliphatic carbocycles. The van der Waals surface area contributed by atoms with E-state index in [2.05, 4.69) is 0 Å². The van der Waals surface area contributed by atoms with Crippen molar-refractivity contribution >= 4 is 11.6 Å². The van der Waals surface area contributed by atoms with Crippen LogP contribution in [0.15, 0.2) is 48.5 Å². The standard InChI is InChI=1S/C15H13ClF2/c16-10-9-15(11-1-5-13(17)6-2-11)12-3-7-14(18)8-4-12/h1-8,15H,9-10H2. The molecule has 0 fully saturated rings. The largest absolute Gasteiger partial charge is 0.207 e. The van der Waals surface area contributed by atoms with Crippen LogP contribution in [0.5, 0.6) is 0 Å². The predicted molar refractivity (Wildman–Crippen MR) is 70.0 cm³/mol. The lowest BCUT2D eigenvalue weighted by Gasteiger charge is -2.16. The summed E-state index contributed by atoms with van der Waals surface area (Å²) in [7, 11) is 0. The molecule has 0 aliphatic heterocycles. The molecule has 0 aromatic heterocycles. The number of rotatable bonds is 4. The van der Waals surface area contributed by atoms with Crippen molar-refractivity contribution in [3.63, 3.8) is 0 Å². The van der Waals surface area contributed by atoms with Crippen molar-refractivity contribution in [3.8, 4) is 0 Å². The van der Waals surface area contributed by atoms with Crippen LogP contribution >= 0.6 is 11.6 Å². The van der Waals surface area contributed by atoms with Crippen LogP contribution in [0, 0.1) is 11.6 Å². The Morgan fingerprint density at radius 2 is 1.17 bits per heavy atom. The molecular weight excluding hydrogens is 254 g/mol. The minimum atomic E-state index is -0.262. The lowest BCUT2D eigenvalue weighted by atomic mass is 9.89. The maximum absolute atomic E-state index is 12.9. The average molecular weight is 267 g/mol. The maximum atomic E-state index is 12.9. The number of hydrogen-bond acceptors (Lipinski definition) is 0. The molecule has 2 aromatic carbocycles. The highest BCUT2D eigenvalue weighted by Gasteiger charge is 2.13. The van der Waals surface area contributed by atoms with Crippen molar-refractivity contribution in [1.29, 1.82) is 0 Å². The lowest BCUT2D eigenvalue weighted by Crippen LogP contribution is -2.02. The van der Waals surface area contributed by atoms with Gasteiger partial charge in [-0.3, -0.25) is 0 Å². The first-order valence-corrected chi connectivity index (χ1v) is 6.31. The second-order valence-electron chi connectivity index (χ2n) is 4.13. The third kappa shape index (κ3) is 3.08. The van der Waals surface area contributed by atoms with Crippen LogP contribution in [-0.2, 0) is 0 Å². The molecule has 0 aliphatic rings. The Kier molecular flexibility index (Phi) is 4.32. The van der Waals surface area contributed by atoms with Gasteiger partial charge in [0, 0.05) is 11.8 Å². The van der Waals surface area contributed by atoms with Gasteiger partial charge in [0.25, 0.3) is 0 Å². The first kappa shape index (κ1) is 13.0. The van der Waals surface area contributed by atoms with Gasteiger partial charge in [0.1, 0.15) is 11.6 Å². The molecule has 0 spiro atoms. The SMILES string of the molecule is Fc1ccc(C(CCCl)c2ccc(F)cc2)cc1. The van der Waals surface area contributed by atoms with E-state index < -0.39 is 0 Å². The van der Waals surface area contributed by atoms with Crippen LogP contribution in [-0.4, -0.2) is 5.88 Å². The second kappa shape index (κ2) is 5.96. The van der Waals surface area contributed by atoms with Crippen molar-refractivity contribution in [1.82, 2.24) is 0 Å². The van der Waals surface area contributed by atoms with Gasteiger partial charge in [-0.25, -0.2) is 8.78 Å². The fourth-order valence-electron chi connectivity index (χ4n) is 2.03. The summed E-state index contributed by atoms with van der Waals surface area (Å²) < 4.78 is 25.8. The summed E-state index contributed by atoms with van der Waals surface area (Å²) in [4.78, 5) is 0. The summed E-state index contributed by atoms with van der Waals surface area (Å²) in [5.74, 6) is 0.0491. The molecule has 2 aromatic rings. The normalized spacial score (nSPS) is 10.9. The number of hydrogen-bond donors (Lipinski definition) is 0. The van der Waals surface area contributed by atoms with Crippen molar-refractivity contribution in [3.05, 3.63) is 71.3 Å². The molecule has 0 amide bonds. The van der Waals surface area contributed by atoms with E-state index >= 15 is 0 Å². The van der Waals surface area contributed by atoms with Crippen molar-refractivity contribution in [2.75, 3.05) is 5.88 Å². The average Bonchev–Trinajstić information content (AvgIpc) is 2.39. The molecule has 0 radical (unpaired) electrons. The zero-order valence-corrected chi connectivity index (χ0v) is 10.5. The van der Waals surface area contributed by atoms with Crippen LogP contribution in [0.3, 0.4) is 0 Å². The number of halogens is 3. The van der Waals surface area contributed by atoms with Gasteiger partial charge >= 0.3 is 0 Å². The Labute approximate surface area is 110 Å². The summed E-state index contributed by atoms with van der Waals surface area (Å²) in [5, 5.41) is 0. The molecule has 18 heavy (non-hydrogen) atoms. The minimum absolute atomic E-state index is 0.0729. The van der Waals surface area contributed by atoms with Crippen LogP contribution in [0.25, 0.3) is 0 Å². The highest BCUT2D eigenvalue weighted by molar-refractivity contribution is 6.17. The molecule has 2 rings (SSSR count). The third-order valence-corrected chi connectivity index (χ3v) is 3.16. The first-order valence-electron chi connectivity index (χ1n) is 5.77. The molecule has 94 valence electrons. The van der Waals surface area contributed by atoms with Gasteiger partial charge in [-0.05, 0) is 41.8 Å². The number of alkyl halides is 1. The van der Waals surface area contributed by atoms with E-state index in [1.54, 1.807) is 24.3 Å². The summed E-state index contributed by atoms with van der Waals surface area (Å²) in [6.45, 7) is 0. The Hall–Kier alpha value is -1.41. The van der Waals surface area contributed by atoms with Gasteiger partial charge in [0.2, 0.25) is 0 Å². The second-order valence-corrected chi connectivity index (χ2v) is 4.51. The quantitative estimate of drug-likeness (QED) is 0.702. The Bertz CT molecular complexity index is 445.